The molecule has 0 aliphatic carbocycles. The number of phenolic OH excluding ortho intramolecular Hbond substituents is 1. The summed E-state index contributed by atoms with van der Waals surface area (Å²) in [6.07, 6.45) is 5.42. The monoisotopic (exact) mass is 465 g/mol. The van der Waals surface area contributed by atoms with E-state index in [0.717, 1.165) is 22.0 Å². The maximum atomic E-state index is 12.4. The van der Waals surface area contributed by atoms with E-state index in [1.54, 1.807) is 48.4 Å². The highest BCUT2D eigenvalue weighted by Crippen LogP contribution is 2.29. The van der Waals surface area contributed by atoms with Gasteiger partial charge in [-0.3, -0.25) is 14.5 Å². The van der Waals surface area contributed by atoms with Gasteiger partial charge in [0.1, 0.15) is 5.75 Å². The third-order valence-electron chi connectivity index (χ3n) is 5.61. The van der Waals surface area contributed by atoms with Crippen LogP contribution >= 0.6 is 0 Å². The molecule has 1 amide bonds. The molecule has 5 rings (SSSR count). The Kier molecular flexibility index (Phi) is 5.76. The van der Waals surface area contributed by atoms with Crippen LogP contribution in [0.5, 0.6) is 11.6 Å². The lowest BCUT2D eigenvalue weighted by molar-refractivity contribution is 0.102. The highest BCUT2D eigenvalue weighted by molar-refractivity contribution is 6.04. The summed E-state index contributed by atoms with van der Waals surface area (Å²) < 4.78 is 1.59. The zero-order chi connectivity index (χ0) is 24.4. The first-order valence-electron chi connectivity index (χ1n) is 11.0. The summed E-state index contributed by atoms with van der Waals surface area (Å²) in [5.74, 6) is -0.0553. The van der Waals surface area contributed by atoms with E-state index in [4.69, 9.17) is 0 Å². The zero-order valence-corrected chi connectivity index (χ0v) is 18.9. The van der Waals surface area contributed by atoms with Gasteiger partial charge in [-0.25, -0.2) is 0 Å². The number of nitrogens with one attached hydrogen (secondary N) is 2. The summed E-state index contributed by atoms with van der Waals surface area (Å²) in [6.45, 7) is 0. The van der Waals surface area contributed by atoms with E-state index in [-0.39, 0.29) is 17.5 Å². The number of anilines is 1. The number of amides is 1. The molecule has 174 valence electrons. The molecule has 0 saturated heterocycles. The lowest BCUT2D eigenvalue weighted by Gasteiger charge is -2.07. The largest absolute Gasteiger partial charge is 0.508 e. The minimum Gasteiger partial charge on any atom is -0.508 e. The van der Waals surface area contributed by atoms with Crippen molar-refractivity contribution in [2.24, 2.45) is 12.0 Å². The van der Waals surface area contributed by atoms with Crippen LogP contribution in [0, 0.1) is 0 Å². The molecule has 0 bridgehead atoms. The molecule has 2 aromatic heterocycles. The first kappa shape index (κ1) is 22.0. The van der Waals surface area contributed by atoms with Crippen LogP contribution in [0.25, 0.3) is 10.9 Å². The fourth-order valence-electron chi connectivity index (χ4n) is 3.94. The Hall–Kier alpha value is -4.85. The number of rotatable bonds is 6. The minimum atomic E-state index is -0.213. The van der Waals surface area contributed by atoms with Crippen molar-refractivity contribution >= 4 is 34.4 Å². The Bertz CT molecular complexity index is 1560. The third kappa shape index (κ3) is 4.91. The van der Waals surface area contributed by atoms with Crippen molar-refractivity contribution < 1.29 is 15.0 Å². The molecule has 35 heavy (non-hydrogen) atoms. The molecule has 0 fully saturated rings. The topological polar surface area (TPSA) is 116 Å². The average molecular weight is 466 g/mol. The molecule has 3 aromatic carbocycles. The smallest absolute Gasteiger partial charge is 0.258 e. The van der Waals surface area contributed by atoms with Crippen LogP contribution in [0.2, 0.25) is 0 Å². The van der Waals surface area contributed by atoms with E-state index in [2.05, 4.69) is 20.4 Å². The Morgan fingerprint density at radius 1 is 1.09 bits per heavy atom. The highest BCUT2D eigenvalue weighted by Gasteiger charge is 2.11. The summed E-state index contributed by atoms with van der Waals surface area (Å²) in [7, 11) is 1.77. The molecule has 0 aliphatic rings. The lowest BCUT2D eigenvalue weighted by atomic mass is 10.0. The van der Waals surface area contributed by atoms with Gasteiger partial charge in [-0.1, -0.05) is 24.3 Å². The average Bonchev–Trinajstić information content (AvgIpc) is 3.40. The molecular formula is C27H23N5O3. The predicted molar refractivity (Wildman–Crippen MR) is 136 cm³/mol. The maximum absolute atomic E-state index is 12.4. The predicted octanol–water partition coefficient (Wildman–Crippen LogP) is 4.91. The lowest BCUT2D eigenvalue weighted by Crippen LogP contribution is -2.11. The van der Waals surface area contributed by atoms with E-state index >= 15 is 0 Å². The molecular weight excluding hydrogens is 442 g/mol. The second-order valence-electron chi connectivity index (χ2n) is 8.28. The van der Waals surface area contributed by atoms with Crippen molar-refractivity contribution in [1.82, 2.24) is 14.8 Å². The number of hydrogen-bond acceptors (Lipinski definition) is 5. The number of carbonyl (C=O) groups is 1. The van der Waals surface area contributed by atoms with Gasteiger partial charge in [-0.2, -0.15) is 5.10 Å². The molecule has 8 heteroatoms. The van der Waals surface area contributed by atoms with Crippen LogP contribution in [-0.4, -0.2) is 37.1 Å². The number of aromatic hydroxyl groups is 2. The van der Waals surface area contributed by atoms with Gasteiger partial charge in [-0.05, 0) is 53.9 Å². The third-order valence-corrected chi connectivity index (χ3v) is 5.61. The Balaban J connectivity index is 1.37. The molecule has 0 spiro atoms. The molecule has 5 aromatic rings. The van der Waals surface area contributed by atoms with Crippen LogP contribution < -0.4 is 5.32 Å². The van der Waals surface area contributed by atoms with Crippen LogP contribution in [0.15, 0.2) is 84.1 Å². The molecule has 8 nitrogen and oxygen atoms in total. The van der Waals surface area contributed by atoms with E-state index in [9.17, 15) is 15.0 Å². The van der Waals surface area contributed by atoms with Gasteiger partial charge >= 0.3 is 0 Å². The SMILES string of the molecule is Cn1cc(C(=O)Nc2cccc(Cc3ccc4[nH]c(O)c(C=Nc5cccc(O)c5)c4c3)c2)cn1. The number of aryl methyl sites for hydroxylation is 1. The van der Waals surface area contributed by atoms with E-state index in [1.165, 1.54) is 6.20 Å². The van der Waals surface area contributed by atoms with Crippen molar-refractivity contribution in [1.29, 1.82) is 0 Å². The molecule has 0 radical (unpaired) electrons. The number of aromatic nitrogens is 3. The number of nitrogens with zero attached hydrogens (tertiary/aromatic N) is 3. The molecule has 0 unspecified atom stereocenters. The van der Waals surface area contributed by atoms with E-state index in [0.29, 0.717) is 28.9 Å². The number of aliphatic imine (C=N–C) groups is 1. The Labute approximate surface area is 201 Å². The van der Waals surface area contributed by atoms with E-state index in [1.807, 2.05) is 42.5 Å². The fourth-order valence-corrected chi connectivity index (χ4v) is 3.94. The minimum absolute atomic E-state index is 0.0289. The van der Waals surface area contributed by atoms with Crippen LogP contribution in [-0.2, 0) is 13.5 Å². The van der Waals surface area contributed by atoms with Gasteiger partial charge < -0.3 is 20.5 Å². The number of fused-ring (bicyclic) bond motifs is 1. The number of carbonyl (C=O) groups excluding carboxylic acids is 1. The summed E-state index contributed by atoms with van der Waals surface area (Å²) in [5.41, 5.74) is 5.22. The second-order valence-corrected chi connectivity index (χ2v) is 8.28. The van der Waals surface area contributed by atoms with Crippen molar-refractivity contribution in [3.05, 3.63) is 101 Å². The molecule has 0 atom stereocenters. The highest BCUT2D eigenvalue weighted by atomic mass is 16.3. The summed E-state index contributed by atoms with van der Waals surface area (Å²) in [6, 6.07) is 20.2. The maximum Gasteiger partial charge on any atom is 0.258 e. The summed E-state index contributed by atoms with van der Waals surface area (Å²) in [5, 5.41) is 27.8. The van der Waals surface area contributed by atoms with Crippen LogP contribution in [0.4, 0.5) is 11.4 Å². The number of benzene rings is 3. The van der Waals surface area contributed by atoms with Gasteiger partial charge in [0.15, 0.2) is 5.88 Å². The van der Waals surface area contributed by atoms with E-state index < -0.39 is 0 Å². The Morgan fingerprint density at radius 3 is 2.71 bits per heavy atom. The quantitative estimate of drug-likeness (QED) is 0.267. The van der Waals surface area contributed by atoms with Crippen LogP contribution in [0.3, 0.4) is 0 Å². The van der Waals surface area contributed by atoms with Crippen molar-refractivity contribution in [3.63, 3.8) is 0 Å². The summed E-state index contributed by atoms with van der Waals surface area (Å²) in [4.78, 5) is 19.8. The first-order valence-corrected chi connectivity index (χ1v) is 11.0. The molecule has 2 heterocycles. The number of H-pyrrole nitrogens is 1. The van der Waals surface area contributed by atoms with Gasteiger partial charge in [0.25, 0.3) is 5.91 Å². The standard InChI is InChI=1S/C27H23N5O3/c1-32-16-19(14-29-32)26(34)30-21-6-2-4-17(11-21)10-18-8-9-25-23(12-18)24(27(35)31-25)15-28-20-5-3-7-22(33)13-20/h2-9,11-16,31,33,35H,10H2,1H3,(H,30,34). The van der Waals surface area contributed by atoms with Crippen molar-refractivity contribution in [2.75, 3.05) is 5.32 Å². The van der Waals surface area contributed by atoms with Gasteiger partial charge in [0, 0.05) is 42.1 Å². The fraction of sp³-hybridized carbons (Fsp3) is 0.0741. The number of aromatic amines is 1. The van der Waals surface area contributed by atoms with Gasteiger partial charge in [-0.15, -0.1) is 0 Å². The van der Waals surface area contributed by atoms with Crippen molar-refractivity contribution in [2.45, 2.75) is 6.42 Å². The van der Waals surface area contributed by atoms with Gasteiger partial charge in [0.05, 0.1) is 23.0 Å². The summed E-state index contributed by atoms with van der Waals surface area (Å²) >= 11 is 0. The van der Waals surface area contributed by atoms with Crippen molar-refractivity contribution in [3.8, 4) is 11.6 Å². The molecule has 4 N–H and O–H groups in total. The molecule has 0 aliphatic heterocycles. The zero-order valence-electron chi connectivity index (χ0n) is 18.9. The molecule has 0 saturated carbocycles. The van der Waals surface area contributed by atoms with Gasteiger partial charge in [0.2, 0.25) is 0 Å². The van der Waals surface area contributed by atoms with Crippen LogP contribution in [0.1, 0.15) is 27.0 Å². The number of phenols is 1. The first-order chi connectivity index (χ1) is 16.9. The Morgan fingerprint density at radius 2 is 1.91 bits per heavy atom. The number of hydrogen-bond donors (Lipinski definition) is 4. The second kappa shape index (κ2) is 9.18. The normalized spacial score (nSPS) is 11.3.